The Balaban J connectivity index is 2.30. The Labute approximate surface area is 113 Å². The summed E-state index contributed by atoms with van der Waals surface area (Å²) in [6, 6.07) is 4.57. The van der Waals surface area contributed by atoms with E-state index in [1.165, 1.54) is 6.07 Å². The molecule has 0 aliphatic carbocycles. The number of benzene rings is 1. The molecule has 0 spiro atoms. The van der Waals surface area contributed by atoms with Crippen LogP contribution in [0.25, 0.3) is 0 Å². The summed E-state index contributed by atoms with van der Waals surface area (Å²) in [4.78, 5) is 0.255. The maximum atomic E-state index is 12.4. The molecule has 0 amide bonds. The summed E-state index contributed by atoms with van der Waals surface area (Å²) in [5.41, 5.74) is 5.67. The molecule has 1 aromatic rings. The van der Waals surface area contributed by atoms with Crippen LogP contribution in [0.1, 0.15) is 20.3 Å². The molecule has 1 heterocycles. The van der Waals surface area contributed by atoms with E-state index in [1.807, 2.05) is 0 Å². The van der Waals surface area contributed by atoms with E-state index in [0.717, 1.165) is 0 Å². The van der Waals surface area contributed by atoms with Crippen LogP contribution >= 0.6 is 0 Å². The second-order valence-corrected chi connectivity index (χ2v) is 7.24. The molecule has 5 nitrogen and oxygen atoms in total. The van der Waals surface area contributed by atoms with Gasteiger partial charge in [-0.05, 0) is 32.4 Å². The minimum Gasteiger partial charge on any atom is -0.486 e. The number of fused-ring (bicyclic) bond motifs is 1. The molecular formula is C13H19NO4S. The zero-order valence-corrected chi connectivity index (χ0v) is 11.9. The molecule has 2 N–H and O–H groups in total. The van der Waals surface area contributed by atoms with E-state index in [4.69, 9.17) is 15.2 Å². The van der Waals surface area contributed by atoms with Crippen LogP contribution in [0.2, 0.25) is 0 Å². The van der Waals surface area contributed by atoms with E-state index < -0.39 is 15.1 Å². The summed E-state index contributed by atoms with van der Waals surface area (Å²) in [7, 11) is -3.38. The van der Waals surface area contributed by atoms with Gasteiger partial charge in [0.15, 0.2) is 21.3 Å². The van der Waals surface area contributed by atoms with Crippen LogP contribution in [0.15, 0.2) is 23.1 Å². The summed E-state index contributed by atoms with van der Waals surface area (Å²) in [6.45, 7) is 4.40. The molecule has 1 aliphatic heterocycles. The zero-order valence-electron chi connectivity index (χ0n) is 11.1. The molecule has 0 radical (unpaired) electrons. The number of hydrogen-bond acceptors (Lipinski definition) is 5. The predicted octanol–water partition coefficient (Wildman–Crippen LogP) is 1.36. The lowest BCUT2D eigenvalue weighted by Crippen LogP contribution is -2.27. The smallest absolute Gasteiger partial charge is 0.181 e. The standard InChI is InChI=1S/C13H19NO4S/c1-9(14)7-10(2)19(15,16)11-3-4-12-13(8-11)18-6-5-17-12/h3-4,8-10H,5-7,14H2,1-2H3. The lowest BCUT2D eigenvalue weighted by atomic mass is 10.2. The van der Waals surface area contributed by atoms with E-state index in [2.05, 4.69) is 0 Å². The first-order chi connectivity index (χ1) is 8.91. The number of hydrogen-bond donors (Lipinski definition) is 1. The lowest BCUT2D eigenvalue weighted by molar-refractivity contribution is 0.171. The number of nitrogens with two attached hydrogens (primary N) is 1. The minimum atomic E-state index is -3.38. The molecular weight excluding hydrogens is 266 g/mol. The number of sulfone groups is 1. The molecule has 2 atom stereocenters. The lowest BCUT2D eigenvalue weighted by Gasteiger charge is -2.20. The normalized spacial score (nSPS) is 17.8. The Hall–Kier alpha value is -1.27. The van der Waals surface area contributed by atoms with E-state index in [1.54, 1.807) is 26.0 Å². The van der Waals surface area contributed by atoms with Gasteiger partial charge in [-0.1, -0.05) is 0 Å². The van der Waals surface area contributed by atoms with Crippen molar-refractivity contribution in [1.29, 1.82) is 0 Å². The monoisotopic (exact) mass is 285 g/mol. The third-order valence-corrected chi connectivity index (χ3v) is 5.24. The van der Waals surface area contributed by atoms with Crippen molar-refractivity contribution in [1.82, 2.24) is 0 Å². The summed E-state index contributed by atoms with van der Waals surface area (Å²) >= 11 is 0. The van der Waals surface area contributed by atoms with Crippen molar-refractivity contribution in [2.24, 2.45) is 5.73 Å². The maximum Gasteiger partial charge on any atom is 0.181 e. The van der Waals surface area contributed by atoms with Gasteiger partial charge in [0.1, 0.15) is 13.2 Å². The van der Waals surface area contributed by atoms with Crippen LogP contribution in [0.3, 0.4) is 0 Å². The van der Waals surface area contributed by atoms with E-state index in [0.29, 0.717) is 31.1 Å². The fourth-order valence-electron chi connectivity index (χ4n) is 2.08. The SMILES string of the molecule is CC(N)CC(C)S(=O)(=O)c1ccc2c(c1)OCCO2. The maximum absolute atomic E-state index is 12.4. The summed E-state index contributed by atoms with van der Waals surface area (Å²) in [6.07, 6.45) is 0.427. The van der Waals surface area contributed by atoms with Gasteiger partial charge in [0.25, 0.3) is 0 Å². The van der Waals surface area contributed by atoms with E-state index in [9.17, 15) is 8.42 Å². The average molecular weight is 285 g/mol. The van der Waals surface area contributed by atoms with Crippen molar-refractivity contribution >= 4 is 9.84 Å². The molecule has 106 valence electrons. The third kappa shape index (κ3) is 3.01. The Morgan fingerprint density at radius 3 is 2.47 bits per heavy atom. The first-order valence-electron chi connectivity index (χ1n) is 6.30. The van der Waals surface area contributed by atoms with Crippen LogP contribution in [-0.4, -0.2) is 32.9 Å². The molecule has 0 saturated heterocycles. The largest absolute Gasteiger partial charge is 0.486 e. The molecule has 1 aliphatic rings. The summed E-state index contributed by atoms with van der Waals surface area (Å²) in [5.74, 6) is 1.07. The van der Waals surface area contributed by atoms with Crippen LogP contribution < -0.4 is 15.2 Å². The first kappa shape index (κ1) is 14.1. The van der Waals surface area contributed by atoms with Gasteiger partial charge in [0.2, 0.25) is 0 Å². The highest BCUT2D eigenvalue weighted by atomic mass is 32.2. The van der Waals surface area contributed by atoms with Crippen LogP contribution in [0.4, 0.5) is 0 Å². The highest BCUT2D eigenvalue weighted by Gasteiger charge is 2.26. The number of rotatable bonds is 4. The Kier molecular flexibility index (Phi) is 4.01. The Bertz CT molecular complexity index is 554. The van der Waals surface area contributed by atoms with Gasteiger partial charge < -0.3 is 15.2 Å². The second-order valence-electron chi connectivity index (χ2n) is 4.87. The quantitative estimate of drug-likeness (QED) is 0.903. The molecule has 0 fully saturated rings. The molecule has 19 heavy (non-hydrogen) atoms. The Morgan fingerprint density at radius 2 is 1.84 bits per heavy atom. The molecule has 1 aromatic carbocycles. The zero-order chi connectivity index (χ0) is 14.0. The molecule has 0 saturated carbocycles. The van der Waals surface area contributed by atoms with Crippen molar-refractivity contribution in [3.63, 3.8) is 0 Å². The topological polar surface area (TPSA) is 78.6 Å². The van der Waals surface area contributed by atoms with Gasteiger partial charge in [-0.3, -0.25) is 0 Å². The fraction of sp³-hybridized carbons (Fsp3) is 0.538. The van der Waals surface area contributed by atoms with Gasteiger partial charge in [-0.15, -0.1) is 0 Å². The Morgan fingerprint density at radius 1 is 1.21 bits per heavy atom. The van der Waals surface area contributed by atoms with Crippen LogP contribution in [0.5, 0.6) is 11.5 Å². The van der Waals surface area contributed by atoms with Crippen LogP contribution in [-0.2, 0) is 9.84 Å². The van der Waals surface area contributed by atoms with Crippen molar-refractivity contribution in [3.05, 3.63) is 18.2 Å². The van der Waals surface area contributed by atoms with Gasteiger partial charge in [-0.2, -0.15) is 0 Å². The minimum absolute atomic E-state index is 0.151. The summed E-state index contributed by atoms with van der Waals surface area (Å²) < 4.78 is 35.6. The van der Waals surface area contributed by atoms with Crippen molar-refractivity contribution < 1.29 is 17.9 Å². The van der Waals surface area contributed by atoms with E-state index >= 15 is 0 Å². The van der Waals surface area contributed by atoms with Gasteiger partial charge in [0, 0.05) is 12.1 Å². The molecule has 0 aromatic heterocycles. The first-order valence-corrected chi connectivity index (χ1v) is 7.85. The fourth-order valence-corrected chi connectivity index (χ4v) is 3.63. The summed E-state index contributed by atoms with van der Waals surface area (Å²) in [5, 5.41) is -0.518. The van der Waals surface area contributed by atoms with Gasteiger partial charge >= 0.3 is 0 Å². The van der Waals surface area contributed by atoms with Gasteiger partial charge in [-0.25, -0.2) is 8.42 Å². The molecule has 2 rings (SSSR count). The highest BCUT2D eigenvalue weighted by molar-refractivity contribution is 7.92. The predicted molar refractivity (Wildman–Crippen MR) is 72.3 cm³/mol. The van der Waals surface area contributed by atoms with Gasteiger partial charge in [0.05, 0.1) is 10.1 Å². The third-order valence-electron chi connectivity index (χ3n) is 3.08. The van der Waals surface area contributed by atoms with Crippen LogP contribution in [0, 0.1) is 0 Å². The second kappa shape index (κ2) is 5.38. The molecule has 0 bridgehead atoms. The molecule has 6 heteroatoms. The van der Waals surface area contributed by atoms with Crippen molar-refractivity contribution in [2.75, 3.05) is 13.2 Å². The van der Waals surface area contributed by atoms with Crippen molar-refractivity contribution in [2.45, 2.75) is 36.5 Å². The highest BCUT2D eigenvalue weighted by Crippen LogP contribution is 2.33. The average Bonchev–Trinajstić information content (AvgIpc) is 2.37. The van der Waals surface area contributed by atoms with E-state index in [-0.39, 0.29) is 10.9 Å². The molecule has 2 unspecified atom stereocenters. The van der Waals surface area contributed by atoms with Crippen molar-refractivity contribution in [3.8, 4) is 11.5 Å². The number of ether oxygens (including phenoxy) is 2.